The lowest BCUT2D eigenvalue weighted by molar-refractivity contribution is -0.121. The van der Waals surface area contributed by atoms with Crippen molar-refractivity contribution in [1.29, 1.82) is 0 Å². The van der Waals surface area contributed by atoms with Crippen LogP contribution in [0.5, 0.6) is 0 Å². The quantitative estimate of drug-likeness (QED) is 0.715. The van der Waals surface area contributed by atoms with Crippen molar-refractivity contribution in [2.45, 2.75) is 59.5 Å². The van der Waals surface area contributed by atoms with E-state index >= 15 is 0 Å². The van der Waals surface area contributed by atoms with Crippen LogP contribution in [-0.2, 0) is 4.79 Å². The van der Waals surface area contributed by atoms with E-state index in [2.05, 4.69) is 15.5 Å². The molecule has 1 amide bonds. The molecule has 20 heavy (non-hydrogen) atoms. The van der Waals surface area contributed by atoms with E-state index in [1.807, 2.05) is 27.7 Å². The molecule has 0 spiro atoms. The van der Waals surface area contributed by atoms with Gasteiger partial charge in [0.15, 0.2) is 0 Å². The molecule has 0 aliphatic heterocycles. The number of amides is 1. The molecule has 0 fully saturated rings. The van der Waals surface area contributed by atoms with Crippen LogP contribution in [0.2, 0.25) is 0 Å². The number of carbonyl (C=O) groups is 1. The number of hydrogen-bond donors (Lipinski definition) is 3. The zero-order valence-corrected chi connectivity index (χ0v) is 13.2. The van der Waals surface area contributed by atoms with Gasteiger partial charge in [0, 0.05) is 18.7 Å². The molecule has 0 aliphatic rings. The number of nitrogens with zero attached hydrogens (tertiary/aromatic N) is 1. The molecule has 0 aromatic carbocycles. The summed E-state index contributed by atoms with van der Waals surface area (Å²) in [7, 11) is 0. The van der Waals surface area contributed by atoms with Crippen LogP contribution in [0.15, 0.2) is 0 Å². The molecular formula is C15H27N3O2. The van der Waals surface area contributed by atoms with Gasteiger partial charge < -0.3 is 10.4 Å². The number of hydrogen-bond acceptors (Lipinski definition) is 3. The van der Waals surface area contributed by atoms with Crippen molar-refractivity contribution in [1.82, 2.24) is 15.5 Å². The van der Waals surface area contributed by atoms with Gasteiger partial charge in [-0.2, -0.15) is 5.10 Å². The van der Waals surface area contributed by atoms with Crippen molar-refractivity contribution >= 4 is 5.91 Å². The molecule has 3 atom stereocenters. The van der Waals surface area contributed by atoms with E-state index in [1.54, 1.807) is 6.92 Å². The summed E-state index contributed by atoms with van der Waals surface area (Å²) >= 11 is 0. The van der Waals surface area contributed by atoms with Crippen LogP contribution >= 0.6 is 0 Å². The Labute approximate surface area is 121 Å². The standard InChI is InChI=1S/C15H27N3O2/c1-9(6-11(3)19)8-16-14(20)7-10(2)15-12(4)17-18-13(15)5/h9-11,19H,6-8H2,1-5H3,(H,16,20)(H,17,18). The Morgan fingerprint density at radius 1 is 1.35 bits per heavy atom. The van der Waals surface area contributed by atoms with E-state index in [0.717, 1.165) is 17.0 Å². The maximum absolute atomic E-state index is 12.0. The Bertz CT molecular complexity index is 421. The Morgan fingerprint density at radius 2 is 2.00 bits per heavy atom. The summed E-state index contributed by atoms with van der Waals surface area (Å²) in [5, 5.41) is 19.4. The molecule has 0 bridgehead atoms. The van der Waals surface area contributed by atoms with Gasteiger partial charge in [-0.15, -0.1) is 0 Å². The number of aliphatic hydroxyl groups excluding tert-OH is 1. The highest BCUT2D eigenvalue weighted by atomic mass is 16.3. The first-order valence-electron chi connectivity index (χ1n) is 7.27. The van der Waals surface area contributed by atoms with Gasteiger partial charge in [0.1, 0.15) is 0 Å². The first kappa shape index (κ1) is 16.7. The predicted octanol–water partition coefficient (Wildman–Crippen LogP) is 2.04. The van der Waals surface area contributed by atoms with E-state index in [1.165, 1.54) is 0 Å². The second-order valence-electron chi connectivity index (χ2n) is 5.95. The summed E-state index contributed by atoms with van der Waals surface area (Å²) in [6.07, 6.45) is 0.843. The van der Waals surface area contributed by atoms with E-state index < -0.39 is 0 Å². The fraction of sp³-hybridized carbons (Fsp3) is 0.733. The summed E-state index contributed by atoms with van der Waals surface area (Å²) in [5.74, 6) is 0.488. The van der Waals surface area contributed by atoms with Crippen LogP contribution < -0.4 is 5.32 Å². The van der Waals surface area contributed by atoms with Crippen LogP contribution in [0.4, 0.5) is 0 Å². The van der Waals surface area contributed by atoms with Crippen molar-refractivity contribution in [3.8, 4) is 0 Å². The summed E-state index contributed by atoms with van der Waals surface area (Å²) < 4.78 is 0. The molecule has 0 saturated heterocycles. The Kier molecular flexibility index (Phi) is 6.20. The number of carbonyl (C=O) groups excluding carboxylic acids is 1. The third-order valence-corrected chi connectivity index (χ3v) is 3.56. The largest absolute Gasteiger partial charge is 0.393 e. The van der Waals surface area contributed by atoms with Crippen LogP contribution in [0.25, 0.3) is 0 Å². The molecule has 5 heteroatoms. The lowest BCUT2D eigenvalue weighted by atomic mass is 9.95. The minimum atomic E-state index is -0.322. The fourth-order valence-corrected chi connectivity index (χ4v) is 2.69. The van der Waals surface area contributed by atoms with Crippen LogP contribution in [0.1, 0.15) is 56.5 Å². The van der Waals surface area contributed by atoms with Crippen LogP contribution in [-0.4, -0.2) is 33.9 Å². The van der Waals surface area contributed by atoms with E-state index in [-0.39, 0.29) is 23.8 Å². The van der Waals surface area contributed by atoms with Crippen molar-refractivity contribution in [2.75, 3.05) is 6.54 Å². The maximum atomic E-state index is 12.0. The average Bonchev–Trinajstić information content (AvgIpc) is 2.65. The van der Waals surface area contributed by atoms with Gasteiger partial charge >= 0.3 is 0 Å². The van der Waals surface area contributed by atoms with Crippen LogP contribution in [0, 0.1) is 19.8 Å². The van der Waals surface area contributed by atoms with E-state index in [4.69, 9.17) is 0 Å². The van der Waals surface area contributed by atoms with Crippen LogP contribution in [0.3, 0.4) is 0 Å². The van der Waals surface area contributed by atoms with E-state index in [9.17, 15) is 9.90 Å². The van der Waals surface area contributed by atoms with Gasteiger partial charge in [0.25, 0.3) is 0 Å². The fourth-order valence-electron chi connectivity index (χ4n) is 2.69. The molecule has 3 unspecified atom stereocenters. The minimum absolute atomic E-state index is 0.0509. The van der Waals surface area contributed by atoms with Gasteiger partial charge in [0.2, 0.25) is 5.91 Å². The number of rotatable bonds is 7. The number of aliphatic hydroxyl groups is 1. The number of nitrogens with one attached hydrogen (secondary N) is 2. The van der Waals surface area contributed by atoms with Gasteiger partial charge in [-0.05, 0) is 44.6 Å². The highest BCUT2D eigenvalue weighted by Gasteiger charge is 2.18. The van der Waals surface area contributed by atoms with Crippen molar-refractivity contribution in [3.05, 3.63) is 17.0 Å². The molecule has 1 aromatic heterocycles. The molecule has 1 rings (SSSR count). The smallest absolute Gasteiger partial charge is 0.220 e. The molecule has 1 heterocycles. The first-order chi connectivity index (χ1) is 9.31. The van der Waals surface area contributed by atoms with Gasteiger partial charge in [0.05, 0.1) is 11.8 Å². The van der Waals surface area contributed by atoms with Crippen molar-refractivity contribution in [3.63, 3.8) is 0 Å². The summed E-state index contributed by atoms with van der Waals surface area (Å²) in [5.41, 5.74) is 3.13. The Morgan fingerprint density at radius 3 is 2.50 bits per heavy atom. The highest BCUT2D eigenvalue weighted by molar-refractivity contribution is 5.76. The zero-order valence-electron chi connectivity index (χ0n) is 13.2. The molecule has 3 N–H and O–H groups in total. The highest BCUT2D eigenvalue weighted by Crippen LogP contribution is 2.24. The topological polar surface area (TPSA) is 78.0 Å². The maximum Gasteiger partial charge on any atom is 0.220 e. The molecule has 114 valence electrons. The summed E-state index contributed by atoms with van der Waals surface area (Å²) in [6.45, 7) is 10.4. The second-order valence-corrected chi connectivity index (χ2v) is 5.95. The number of aromatic nitrogens is 2. The predicted molar refractivity (Wildman–Crippen MR) is 79.6 cm³/mol. The number of aromatic amines is 1. The monoisotopic (exact) mass is 281 g/mol. The van der Waals surface area contributed by atoms with Gasteiger partial charge in [-0.3, -0.25) is 9.89 Å². The molecule has 0 aliphatic carbocycles. The average molecular weight is 281 g/mol. The van der Waals surface area contributed by atoms with E-state index in [0.29, 0.717) is 19.4 Å². The zero-order chi connectivity index (χ0) is 15.3. The third kappa shape index (κ3) is 4.96. The molecule has 0 radical (unpaired) electrons. The molecule has 0 saturated carbocycles. The summed E-state index contributed by atoms with van der Waals surface area (Å²) in [4.78, 5) is 12.0. The lowest BCUT2D eigenvalue weighted by Crippen LogP contribution is -2.30. The number of H-pyrrole nitrogens is 1. The van der Waals surface area contributed by atoms with Crippen molar-refractivity contribution in [2.24, 2.45) is 5.92 Å². The third-order valence-electron chi connectivity index (χ3n) is 3.56. The van der Waals surface area contributed by atoms with Gasteiger partial charge in [-0.1, -0.05) is 13.8 Å². The van der Waals surface area contributed by atoms with Crippen molar-refractivity contribution < 1.29 is 9.90 Å². The SMILES string of the molecule is Cc1n[nH]c(C)c1C(C)CC(=O)NCC(C)CC(C)O. The van der Waals surface area contributed by atoms with Gasteiger partial charge in [-0.25, -0.2) is 0 Å². The first-order valence-corrected chi connectivity index (χ1v) is 7.27. The molecular weight excluding hydrogens is 254 g/mol. The normalized spacial score (nSPS) is 15.7. The number of aryl methyl sites for hydroxylation is 2. The molecule has 1 aromatic rings. The Balaban J connectivity index is 2.43. The Hall–Kier alpha value is -1.36. The summed E-state index contributed by atoms with van der Waals surface area (Å²) in [6, 6.07) is 0. The molecule has 5 nitrogen and oxygen atoms in total. The lowest BCUT2D eigenvalue weighted by Gasteiger charge is -2.16. The minimum Gasteiger partial charge on any atom is -0.393 e. The second kappa shape index (κ2) is 7.43.